The van der Waals surface area contributed by atoms with Crippen LogP contribution in [0.15, 0.2) is 18.2 Å². The van der Waals surface area contributed by atoms with E-state index in [1.807, 2.05) is 0 Å². The first-order chi connectivity index (χ1) is 9.67. The highest BCUT2D eigenvalue weighted by Gasteiger charge is 2.30. The van der Waals surface area contributed by atoms with Gasteiger partial charge in [0.15, 0.2) is 0 Å². The van der Waals surface area contributed by atoms with Gasteiger partial charge in [-0.05, 0) is 37.8 Å². The molecule has 1 N–H and O–H groups in total. The minimum atomic E-state index is -0.567. The van der Waals surface area contributed by atoms with E-state index >= 15 is 0 Å². The summed E-state index contributed by atoms with van der Waals surface area (Å²) < 4.78 is 18.9. The summed E-state index contributed by atoms with van der Waals surface area (Å²) in [5.74, 6) is -0.476. The molecule has 1 amide bonds. The molecule has 20 heavy (non-hydrogen) atoms. The van der Waals surface area contributed by atoms with Crippen LogP contribution < -0.4 is 4.74 Å². The summed E-state index contributed by atoms with van der Waals surface area (Å²) in [7, 11) is 1.46. The third-order valence-corrected chi connectivity index (χ3v) is 3.74. The second-order valence-electron chi connectivity index (χ2n) is 5.01. The normalized spacial score (nSPS) is 14.8. The van der Waals surface area contributed by atoms with Crippen LogP contribution in [0.5, 0.6) is 5.75 Å². The maximum atomic E-state index is 14.0. The summed E-state index contributed by atoms with van der Waals surface area (Å²) in [6, 6.07) is 4.44. The summed E-state index contributed by atoms with van der Waals surface area (Å²) in [5.41, 5.74) is 0.0654. The number of nitrogens with zero attached hydrogens (tertiary/aromatic N) is 1. The third kappa shape index (κ3) is 3.10. The largest absolute Gasteiger partial charge is 0.497 e. The summed E-state index contributed by atoms with van der Waals surface area (Å²) in [4.78, 5) is 14.2. The zero-order valence-corrected chi connectivity index (χ0v) is 11.6. The number of amides is 1. The predicted octanol–water partition coefficient (Wildman–Crippen LogP) is 2.21. The van der Waals surface area contributed by atoms with Gasteiger partial charge >= 0.3 is 0 Å². The quantitative estimate of drug-likeness (QED) is 0.869. The molecule has 0 heterocycles. The van der Waals surface area contributed by atoms with Crippen LogP contribution in [-0.4, -0.2) is 42.2 Å². The lowest BCUT2D eigenvalue weighted by Gasteiger charge is -2.37. The maximum Gasteiger partial charge on any atom is 0.257 e. The number of halogens is 1. The summed E-state index contributed by atoms with van der Waals surface area (Å²) in [6.07, 6.45) is 3.52. The van der Waals surface area contributed by atoms with Crippen molar-refractivity contribution in [2.24, 2.45) is 0 Å². The van der Waals surface area contributed by atoms with E-state index in [0.29, 0.717) is 18.7 Å². The number of benzene rings is 1. The highest BCUT2D eigenvalue weighted by molar-refractivity contribution is 5.95. The molecular formula is C15H20FNO3. The molecule has 0 aliphatic heterocycles. The molecule has 4 nitrogen and oxygen atoms in total. The van der Waals surface area contributed by atoms with E-state index in [2.05, 4.69) is 0 Å². The molecular weight excluding hydrogens is 261 g/mol. The van der Waals surface area contributed by atoms with Crippen LogP contribution in [0.2, 0.25) is 0 Å². The smallest absolute Gasteiger partial charge is 0.257 e. The Bertz CT molecular complexity index is 474. The number of rotatable bonds is 6. The maximum absolute atomic E-state index is 14.0. The van der Waals surface area contributed by atoms with Gasteiger partial charge in [0.25, 0.3) is 5.91 Å². The van der Waals surface area contributed by atoms with Gasteiger partial charge in [-0.2, -0.15) is 0 Å². The lowest BCUT2D eigenvalue weighted by Crippen LogP contribution is -2.45. The molecule has 1 fully saturated rings. The van der Waals surface area contributed by atoms with Crippen molar-refractivity contribution in [3.05, 3.63) is 29.6 Å². The molecule has 0 aromatic heterocycles. The van der Waals surface area contributed by atoms with Gasteiger partial charge in [-0.25, -0.2) is 4.39 Å². The van der Waals surface area contributed by atoms with Crippen molar-refractivity contribution in [3.8, 4) is 5.75 Å². The van der Waals surface area contributed by atoms with Gasteiger partial charge in [0.05, 0.1) is 12.7 Å². The summed E-state index contributed by atoms with van der Waals surface area (Å²) in [5, 5.41) is 8.93. The Balaban J connectivity index is 2.17. The minimum absolute atomic E-state index is 0.0294. The second-order valence-corrected chi connectivity index (χ2v) is 5.01. The van der Waals surface area contributed by atoms with Crippen LogP contribution in [-0.2, 0) is 0 Å². The molecule has 0 unspecified atom stereocenters. The molecule has 0 saturated heterocycles. The van der Waals surface area contributed by atoms with Crippen molar-refractivity contribution in [3.63, 3.8) is 0 Å². The van der Waals surface area contributed by atoms with Crippen molar-refractivity contribution >= 4 is 5.91 Å². The molecule has 0 atom stereocenters. The summed E-state index contributed by atoms with van der Waals surface area (Å²) >= 11 is 0. The van der Waals surface area contributed by atoms with Crippen LogP contribution in [0.4, 0.5) is 4.39 Å². The fraction of sp³-hybridized carbons (Fsp3) is 0.533. The SMILES string of the molecule is COc1ccc(C(=O)N(CCCO)C2CCC2)c(F)c1. The van der Waals surface area contributed by atoms with Gasteiger partial charge in [0.2, 0.25) is 0 Å². The van der Waals surface area contributed by atoms with E-state index in [0.717, 1.165) is 19.3 Å². The van der Waals surface area contributed by atoms with Gasteiger partial charge < -0.3 is 14.7 Å². The number of methoxy groups -OCH3 is 1. The van der Waals surface area contributed by atoms with Gasteiger partial charge in [0, 0.05) is 25.3 Å². The highest BCUT2D eigenvalue weighted by atomic mass is 19.1. The number of hydrogen-bond acceptors (Lipinski definition) is 3. The Morgan fingerprint density at radius 2 is 2.25 bits per heavy atom. The van der Waals surface area contributed by atoms with Crippen molar-refractivity contribution in [1.29, 1.82) is 0 Å². The van der Waals surface area contributed by atoms with Crippen molar-refractivity contribution < 1.29 is 19.0 Å². The lowest BCUT2D eigenvalue weighted by molar-refractivity contribution is 0.0558. The number of hydrogen-bond donors (Lipinski definition) is 1. The molecule has 1 aromatic carbocycles. The monoisotopic (exact) mass is 281 g/mol. The molecule has 1 aliphatic carbocycles. The van der Waals surface area contributed by atoms with Gasteiger partial charge in [-0.1, -0.05) is 0 Å². The molecule has 5 heteroatoms. The first-order valence-electron chi connectivity index (χ1n) is 6.92. The number of aliphatic hydroxyl groups is 1. The second kappa shape index (κ2) is 6.70. The molecule has 2 rings (SSSR count). The van der Waals surface area contributed by atoms with Crippen LogP contribution >= 0.6 is 0 Å². The Hall–Kier alpha value is -1.62. The minimum Gasteiger partial charge on any atom is -0.497 e. The Labute approximate surface area is 118 Å². The molecule has 1 aliphatic rings. The number of ether oxygens (including phenoxy) is 1. The van der Waals surface area contributed by atoms with E-state index in [1.54, 1.807) is 11.0 Å². The zero-order valence-electron chi connectivity index (χ0n) is 11.6. The van der Waals surface area contributed by atoms with Gasteiger partial charge in [0.1, 0.15) is 11.6 Å². The van der Waals surface area contributed by atoms with E-state index in [9.17, 15) is 9.18 Å². The van der Waals surface area contributed by atoms with Gasteiger partial charge in [-0.15, -0.1) is 0 Å². The number of aliphatic hydroxyl groups excluding tert-OH is 1. The van der Waals surface area contributed by atoms with Gasteiger partial charge in [-0.3, -0.25) is 4.79 Å². The van der Waals surface area contributed by atoms with Crippen LogP contribution in [0, 0.1) is 5.82 Å². The van der Waals surface area contributed by atoms with Crippen molar-refractivity contribution in [2.45, 2.75) is 31.7 Å². The van der Waals surface area contributed by atoms with Crippen molar-refractivity contribution in [1.82, 2.24) is 4.90 Å². The fourth-order valence-corrected chi connectivity index (χ4v) is 2.34. The van der Waals surface area contributed by atoms with E-state index in [4.69, 9.17) is 9.84 Å². The fourth-order valence-electron chi connectivity index (χ4n) is 2.34. The summed E-state index contributed by atoms with van der Waals surface area (Å²) in [6.45, 7) is 0.493. The molecule has 1 saturated carbocycles. The topological polar surface area (TPSA) is 49.8 Å². The Kier molecular flexibility index (Phi) is 4.95. The third-order valence-electron chi connectivity index (χ3n) is 3.74. The lowest BCUT2D eigenvalue weighted by atomic mass is 9.90. The molecule has 0 spiro atoms. The highest BCUT2D eigenvalue weighted by Crippen LogP contribution is 2.27. The van der Waals surface area contributed by atoms with E-state index in [1.165, 1.54) is 19.2 Å². The molecule has 1 aromatic rings. The van der Waals surface area contributed by atoms with Crippen LogP contribution in [0.3, 0.4) is 0 Å². The zero-order chi connectivity index (χ0) is 14.5. The standard InChI is InChI=1S/C15H20FNO3/c1-20-12-6-7-13(14(16)10-12)15(19)17(8-3-9-18)11-4-2-5-11/h6-7,10-11,18H,2-5,8-9H2,1H3. The van der Waals surface area contributed by atoms with E-state index in [-0.39, 0.29) is 24.1 Å². The van der Waals surface area contributed by atoms with Crippen LogP contribution in [0.1, 0.15) is 36.0 Å². The number of carbonyl (C=O) groups is 1. The van der Waals surface area contributed by atoms with Crippen molar-refractivity contribution in [2.75, 3.05) is 20.3 Å². The average molecular weight is 281 g/mol. The van der Waals surface area contributed by atoms with Crippen LogP contribution in [0.25, 0.3) is 0 Å². The molecule has 0 radical (unpaired) electrons. The molecule has 110 valence electrons. The Morgan fingerprint density at radius 3 is 2.75 bits per heavy atom. The van der Waals surface area contributed by atoms with E-state index < -0.39 is 5.82 Å². The molecule has 0 bridgehead atoms. The number of carbonyl (C=O) groups excluding carboxylic acids is 1. The predicted molar refractivity (Wildman–Crippen MR) is 73.3 cm³/mol. The Morgan fingerprint density at radius 1 is 1.50 bits per heavy atom. The average Bonchev–Trinajstić information content (AvgIpc) is 2.40. The first-order valence-corrected chi connectivity index (χ1v) is 6.92. The first kappa shape index (κ1) is 14.8.